The Morgan fingerprint density at radius 3 is 1.74 bits per heavy atom. The summed E-state index contributed by atoms with van der Waals surface area (Å²) in [5.74, 6) is -0.525. The van der Waals surface area contributed by atoms with Gasteiger partial charge in [0.1, 0.15) is 0 Å². The lowest BCUT2D eigenvalue weighted by Crippen LogP contribution is -2.21. The quantitative estimate of drug-likeness (QED) is 0.400. The average Bonchev–Trinajstić information content (AvgIpc) is 2.43. The number of esters is 1. The smallest absolute Gasteiger partial charge is 0.334 e. The fourth-order valence-electron chi connectivity index (χ4n) is 2.12. The molecule has 0 saturated carbocycles. The third kappa shape index (κ3) is 12.2. The average molecular weight is 274 g/mol. The number of aliphatic hydroxyl groups excluding tert-OH is 2. The van der Waals surface area contributed by atoms with Gasteiger partial charge in [-0.2, -0.15) is 0 Å². The number of carbonyl (C=O) groups is 1. The SMILES string of the molecule is COC(=O)C(O)CCCCCCCCCCCCO. The Morgan fingerprint density at radius 1 is 0.895 bits per heavy atom. The van der Waals surface area contributed by atoms with Crippen LogP contribution >= 0.6 is 0 Å². The summed E-state index contributed by atoms with van der Waals surface area (Å²) in [6, 6.07) is 0. The maximum atomic E-state index is 10.9. The number of rotatable bonds is 13. The molecule has 0 saturated heterocycles. The molecule has 2 N–H and O–H groups in total. The molecule has 0 amide bonds. The fraction of sp³-hybridized carbons (Fsp3) is 0.933. The molecule has 1 atom stereocenters. The van der Waals surface area contributed by atoms with E-state index in [-0.39, 0.29) is 0 Å². The number of unbranched alkanes of at least 4 members (excludes halogenated alkanes) is 9. The van der Waals surface area contributed by atoms with Crippen LogP contribution in [0.25, 0.3) is 0 Å². The van der Waals surface area contributed by atoms with E-state index in [1.807, 2.05) is 0 Å². The number of aliphatic hydroxyl groups is 2. The van der Waals surface area contributed by atoms with Crippen molar-refractivity contribution in [2.24, 2.45) is 0 Å². The molecule has 0 aromatic rings. The Bertz CT molecular complexity index is 206. The molecule has 0 fully saturated rings. The summed E-state index contributed by atoms with van der Waals surface area (Å²) >= 11 is 0. The zero-order valence-corrected chi connectivity index (χ0v) is 12.3. The van der Waals surface area contributed by atoms with Gasteiger partial charge in [0.15, 0.2) is 6.10 Å². The lowest BCUT2D eigenvalue weighted by molar-refractivity contribution is -0.150. The topological polar surface area (TPSA) is 66.8 Å². The molecular formula is C15H30O4. The lowest BCUT2D eigenvalue weighted by atomic mass is 10.0. The Balaban J connectivity index is 3.12. The normalized spacial score (nSPS) is 12.4. The van der Waals surface area contributed by atoms with Crippen molar-refractivity contribution in [1.82, 2.24) is 0 Å². The first-order valence-electron chi connectivity index (χ1n) is 7.59. The van der Waals surface area contributed by atoms with Crippen LogP contribution in [0.5, 0.6) is 0 Å². The molecule has 4 heteroatoms. The lowest BCUT2D eigenvalue weighted by Gasteiger charge is -2.07. The summed E-state index contributed by atoms with van der Waals surface area (Å²) in [6.45, 7) is 0.317. The van der Waals surface area contributed by atoms with Gasteiger partial charge in [0, 0.05) is 6.61 Å². The minimum Gasteiger partial charge on any atom is -0.467 e. The Labute approximate surface area is 117 Å². The standard InChI is InChI=1S/C15H30O4/c1-19-15(18)14(17)12-10-8-6-4-2-3-5-7-9-11-13-16/h14,16-17H,2-13H2,1H3. The molecule has 19 heavy (non-hydrogen) atoms. The second-order valence-corrected chi connectivity index (χ2v) is 5.09. The van der Waals surface area contributed by atoms with Gasteiger partial charge in [0.2, 0.25) is 0 Å². The van der Waals surface area contributed by atoms with E-state index in [0.29, 0.717) is 13.0 Å². The summed E-state index contributed by atoms with van der Waals surface area (Å²) in [4.78, 5) is 10.9. The molecular weight excluding hydrogens is 244 g/mol. The first-order valence-corrected chi connectivity index (χ1v) is 7.59. The minimum atomic E-state index is -0.948. The van der Waals surface area contributed by atoms with E-state index in [2.05, 4.69) is 4.74 Å². The molecule has 0 rings (SSSR count). The van der Waals surface area contributed by atoms with E-state index in [4.69, 9.17) is 5.11 Å². The van der Waals surface area contributed by atoms with Gasteiger partial charge >= 0.3 is 5.97 Å². The number of carbonyl (C=O) groups excluding carboxylic acids is 1. The number of methoxy groups -OCH3 is 1. The number of hydrogen-bond acceptors (Lipinski definition) is 4. The minimum absolute atomic E-state index is 0.317. The van der Waals surface area contributed by atoms with Crippen molar-refractivity contribution in [2.45, 2.75) is 76.7 Å². The zero-order chi connectivity index (χ0) is 14.3. The van der Waals surface area contributed by atoms with E-state index >= 15 is 0 Å². The summed E-state index contributed by atoms with van der Waals surface area (Å²) in [5.41, 5.74) is 0. The molecule has 0 bridgehead atoms. The summed E-state index contributed by atoms with van der Waals surface area (Å²) in [7, 11) is 1.30. The number of hydrogen-bond donors (Lipinski definition) is 2. The summed E-state index contributed by atoms with van der Waals surface area (Å²) < 4.78 is 4.46. The molecule has 0 aliphatic heterocycles. The highest BCUT2D eigenvalue weighted by Crippen LogP contribution is 2.12. The predicted molar refractivity (Wildman–Crippen MR) is 75.9 cm³/mol. The molecule has 0 aliphatic carbocycles. The van der Waals surface area contributed by atoms with Crippen LogP contribution in [0.4, 0.5) is 0 Å². The van der Waals surface area contributed by atoms with E-state index in [1.165, 1.54) is 45.6 Å². The van der Waals surface area contributed by atoms with Gasteiger partial charge < -0.3 is 14.9 Å². The molecule has 114 valence electrons. The molecule has 0 radical (unpaired) electrons. The van der Waals surface area contributed by atoms with E-state index in [9.17, 15) is 9.90 Å². The number of ether oxygens (including phenoxy) is 1. The van der Waals surface area contributed by atoms with Crippen LogP contribution in [0.1, 0.15) is 70.6 Å². The molecule has 1 unspecified atom stereocenters. The van der Waals surface area contributed by atoms with Gasteiger partial charge in [-0.3, -0.25) is 0 Å². The van der Waals surface area contributed by atoms with Crippen LogP contribution in [0.2, 0.25) is 0 Å². The molecule has 0 aliphatic rings. The molecule has 0 heterocycles. The van der Waals surface area contributed by atoms with Crippen LogP contribution in [0.15, 0.2) is 0 Å². The van der Waals surface area contributed by atoms with E-state index < -0.39 is 12.1 Å². The predicted octanol–water partition coefficient (Wildman–Crippen LogP) is 2.80. The largest absolute Gasteiger partial charge is 0.467 e. The third-order valence-electron chi connectivity index (χ3n) is 3.36. The highest BCUT2D eigenvalue weighted by molar-refractivity contribution is 5.74. The van der Waals surface area contributed by atoms with Crippen LogP contribution in [0, 0.1) is 0 Å². The second kappa shape index (κ2) is 13.8. The zero-order valence-electron chi connectivity index (χ0n) is 12.3. The maximum Gasteiger partial charge on any atom is 0.334 e. The van der Waals surface area contributed by atoms with E-state index in [1.54, 1.807) is 0 Å². The monoisotopic (exact) mass is 274 g/mol. The van der Waals surface area contributed by atoms with Crippen molar-refractivity contribution < 1.29 is 19.7 Å². The van der Waals surface area contributed by atoms with Gasteiger partial charge in [0.25, 0.3) is 0 Å². The van der Waals surface area contributed by atoms with Gasteiger partial charge in [-0.25, -0.2) is 4.79 Å². The summed E-state index contributed by atoms with van der Waals surface area (Å²) in [6.07, 6.45) is 11.0. The van der Waals surface area contributed by atoms with Crippen LogP contribution in [0.3, 0.4) is 0 Å². The third-order valence-corrected chi connectivity index (χ3v) is 3.36. The first-order chi connectivity index (χ1) is 9.22. The van der Waals surface area contributed by atoms with Gasteiger partial charge in [-0.15, -0.1) is 0 Å². The second-order valence-electron chi connectivity index (χ2n) is 5.09. The van der Waals surface area contributed by atoms with Crippen molar-refractivity contribution in [2.75, 3.05) is 13.7 Å². The highest BCUT2D eigenvalue weighted by atomic mass is 16.5. The molecule has 0 spiro atoms. The summed E-state index contributed by atoms with van der Waals surface area (Å²) in [5, 5.41) is 18.0. The highest BCUT2D eigenvalue weighted by Gasteiger charge is 2.13. The van der Waals surface area contributed by atoms with Gasteiger partial charge in [-0.1, -0.05) is 57.8 Å². The molecule has 0 aromatic carbocycles. The molecule has 4 nitrogen and oxygen atoms in total. The fourth-order valence-corrected chi connectivity index (χ4v) is 2.12. The Hall–Kier alpha value is -0.610. The Morgan fingerprint density at radius 2 is 1.32 bits per heavy atom. The van der Waals surface area contributed by atoms with E-state index in [0.717, 1.165) is 25.7 Å². The van der Waals surface area contributed by atoms with Crippen molar-refractivity contribution in [1.29, 1.82) is 0 Å². The maximum absolute atomic E-state index is 10.9. The van der Waals surface area contributed by atoms with Crippen molar-refractivity contribution in [3.05, 3.63) is 0 Å². The van der Waals surface area contributed by atoms with Crippen molar-refractivity contribution in [3.8, 4) is 0 Å². The van der Waals surface area contributed by atoms with Crippen molar-refractivity contribution in [3.63, 3.8) is 0 Å². The first kappa shape index (κ1) is 18.4. The Kier molecular flexibility index (Phi) is 13.4. The van der Waals surface area contributed by atoms with Crippen LogP contribution in [-0.4, -0.2) is 36.0 Å². The van der Waals surface area contributed by atoms with Crippen LogP contribution in [-0.2, 0) is 9.53 Å². The van der Waals surface area contributed by atoms with Crippen molar-refractivity contribution >= 4 is 5.97 Å². The van der Waals surface area contributed by atoms with Gasteiger partial charge in [0.05, 0.1) is 7.11 Å². The van der Waals surface area contributed by atoms with Gasteiger partial charge in [-0.05, 0) is 12.8 Å². The van der Waals surface area contributed by atoms with Crippen LogP contribution < -0.4 is 0 Å². The molecule has 0 aromatic heterocycles.